The molecule has 0 spiro atoms. The molecule has 0 bridgehead atoms. The van der Waals surface area contributed by atoms with Crippen molar-refractivity contribution in [2.45, 2.75) is 0 Å². The molecule has 3 aromatic rings. The van der Waals surface area contributed by atoms with Crippen molar-refractivity contribution in [1.29, 1.82) is 0 Å². The molecule has 0 fully saturated rings. The van der Waals surface area contributed by atoms with Gasteiger partial charge < -0.3 is 9.84 Å². The number of carboxylic acids is 1. The number of aromatic carboxylic acids is 1. The fourth-order valence-electron chi connectivity index (χ4n) is 1.96. The summed E-state index contributed by atoms with van der Waals surface area (Å²) >= 11 is 5.82. The zero-order valence-electron chi connectivity index (χ0n) is 10.8. The van der Waals surface area contributed by atoms with Crippen molar-refractivity contribution >= 4 is 28.5 Å². The van der Waals surface area contributed by atoms with Crippen LogP contribution in [0.2, 0.25) is 5.02 Å². The summed E-state index contributed by atoms with van der Waals surface area (Å²) in [4.78, 5) is 15.4. The summed E-state index contributed by atoms with van der Waals surface area (Å²) in [5.41, 5.74) is 0.803. The number of hydrogen-bond donors (Lipinski definition) is 1. The van der Waals surface area contributed by atoms with Gasteiger partial charge in [-0.2, -0.15) is 0 Å². The average Bonchev–Trinajstić information content (AvgIpc) is 2.49. The minimum Gasteiger partial charge on any atom is -0.478 e. The Bertz CT molecular complexity index is 833. The molecule has 2 aromatic carbocycles. The standard InChI is InChI=1S/C16H10ClNO3/c17-13-7-6-11(9-12(13)16(19)20)21-15-8-5-10-3-1-2-4-14(10)18-15/h1-9H,(H,19,20). The third kappa shape index (κ3) is 2.80. The molecule has 0 aliphatic heterocycles. The Kier molecular flexibility index (Phi) is 3.46. The Hall–Kier alpha value is -2.59. The first kappa shape index (κ1) is 13.4. The summed E-state index contributed by atoms with van der Waals surface area (Å²) in [6.45, 7) is 0. The second-order valence-electron chi connectivity index (χ2n) is 4.39. The molecule has 0 saturated carbocycles. The summed E-state index contributed by atoms with van der Waals surface area (Å²) in [6.07, 6.45) is 0. The van der Waals surface area contributed by atoms with Gasteiger partial charge in [-0.05, 0) is 30.3 Å². The van der Waals surface area contributed by atoms with E-state index in [1.807, 2.05) is 30.3 Å². The van der Waals surface area contributed by atoms with Crippen LogP contribution in [0.25, 0.3) is 10.9 Å². The third-order valence-corrected chi connectivity index (χ3v) is 3.29. The fraction of sp³-hybridized carbons (Fsp3) is 0. The van der Waals surface area contributed by atoms with Crippen molar-refractivity contribution in [3.63, 3.8) is 0 Å². The number of halogens is 1. The molecular formula is C16H10ClNO3. The van der Waals surface area contributed by atoms with Gasteiger partial charge in [-0.15, -0.1) is 0 Å². The number of fused-ring (bicyclic) bond motifs is 1. The number of pyridine rings is 1. The minimum absolute atomic E-state index is 0.00467. The smallest absolute Gasteiger partial charge is 0.337 e. The number of ether oxygens (including phenoxy) is 1. The van der Waals surface area contributed by atoms with Crippen molar-refractivity contribution < 1.29 is 14.6 Å². The summed E-state index contributed by atoms with van der Waals surface area (Å²) < 4.78 is 5.60. The Morgan fingerprint density at radius 3 is 2.71 bits per heavy atom. The van der Waals surface area contributed by atoms with Gasteiger partial charge in [0.2, 0.25) is 5.88 Å². The van der Waals surface area contributed by atoms with Crippen LogP contribution in [0.15, 0.2) is 54.6 Å². The van der Waals surface area contributed by atoms with Crippen LogP contribution >= 0.6 is 11.6 Å². The molecule has 4 nitrogen and oxygen atoms in total. The van der Waals surface area contributed by atoms with Crippen molar-refractivity contribution in [2.24, 2.45) is 0 Å². The highest BCUT2D eigenvalue weighted by Gasteiger charge is 2.10. The predicted molar refractivity (Wildman–Crippen MR) is 80.2 cm³/mol. The van der Waals surface area contributed by atoms with Crippen LogP contribution in [0, 0.1) is 0 Å². The first-order valence-corrected chi connectivity index (χ1v) is 6.58. The van der Waals surface area contributed by atoms with Crippen molar-refractivity contribution in [3.05, 3.63) is 65.2 Å². The molecule has 0 unspecified atom stereocenters. The topological polar surface area (TPSA) is 59.4 Å². The van der Waals surface area contributed by atoms with Crippen molar-refractivity contribution in [3.8, 4) is 11.6 Å². The third-order valence-electron chi connectivity index (χ3n) is 2.96. The van der Waals surface area contributed by atoms with E-state index in [9.17, 15) is 4.79 Å². The van der Waals surface area contributed by atoms with Gasteiger partial charge in [-0.3, -0.25) is 0 Å². The number of benzene rings is 2. The van der Waals surface area contributed by atoms with E-state index in [-0.39, 0.29) is 10.6 Å². The molecule has 0 aliphatic carbocycles. The highest BCUT2D eigenvalue weighted by Crippen LogP contribution is 2.26. The number of para-hydroxylation sites is 1. The molecular weight excluding hydrogens is 290 g/mol. The molecule has 3 rings (SSSR count). The molecule has 1 heterocycles. The van der Waals surface area contributed by atoms with Gasteiger partial charge in [0.25, 0.3) is 0 Å². The maximum atomic E-state index is 11.0. The van der Waals surface area contributed by atoms with E-state index in [1.165, 1.54) is 12.1 Å². The van der Waals surface area contributed by atoms with Crippen LogP contribution in [-0.4, -0.2) is 16.1 Å². The van der Waals surface area contributed by atoms with Crippen LogP contribution in [0.1, 0.15) is 10.4 Å². The predicted octanol–water partition coefficient (Wildman–Crippen LogP) is 4.38. The van der Waals surface area contributed by atoms with Crippen LogP contribution in [0.3, 0.4) is 0 Å². The van der Waals surface area contributed by atoms with Crippen LogP contribution in [0.5, 0.6) is 11.6 Å². The van der Waals surface area contributed by atoms with Gasteiger partial charge in [0.15, 0.2) is 0 Å². The second kappa shape index (κ2) is 5.42. The molecule has 0 aliphatic rings. The number of carboxylic acid groups (broad SMARTS) is 1. The Labute approximate surface area is 125 Å². The summed E-state index contributed by atoms with van der Waals surface area (Å²) in [7, 11) is 0. The van der Waals surface area contributed by atoms with E-state index in [2.05, 4.69) is 4.98 Å². The van der Waals surface area contributed by atoms with Crippen LogP contribution in [0.4, 0.5) is 0 Å². The monoisotopic (exact) mass is 299 g/mol. The van der Waals surface area contributed by atoms with Gasteiger partial charge in [-0.25, -0.2) is 9.78 Å². The lowest BCUT2D eigenvalue weighted by Gasteiger charge is -2.07. The zero-order chi connectivity index (χ0) is 14.8. The molecule has 0 atom stereocenters. The van der Waals surface area contributed by atoms with E-state index in [0.29, 0.717) is 11.6 Å². The summed E-state index contributed by atoms with van der Waals surface area (Å²) in [5, 5.41) is 10.2. The molecule has 104 valence electrons. The normalized spacial score (nSPS) is 10.5. The molecule has 0 amide bonds. The van der Waals surface area contributed by atoms with Gasteiger partial charge in [0, 0.05) is 11.5 Å². The van der Waals surface area contributed by atoms with Gasteiger partial charge >= 0.3 is 5.97 Å². The van der Waals surface area contributed by atoms with Crippen LogP contribution in [-0.2, 0) is 0 Å². The molecule has 0 radical (unpaired) electrons. The zero-order valence-corrected chi connectivity index (χ0v) is 11.5. The van der Waals surface area contributed by atoms with E-state index < -0.39 is 5.97 Å². The molecule has 1 aromatic heterocycles. The fourth-order valence-corrected chi connectivity index (χ4v) is 2.16. The minimum atomic E-state index is -1.10. The first-order valence-electron chi connectivity index (χ1n) is 6.20. The number of nitrogens with zero attached hydrogens (tertiary/aromatic N) is 1. The van der Waals surface area contributed by atoms with E-state index in [4.69, 9.17) is 21.4 Å². The van der Waals surface area contributed by atoms with Gasteiger partial charge in [0.1, 0.15) is 5.75 Å². The highest BCUT2D eigenvalue weighted by atomic mass is 35.5. The summed E-state index contributed by atoms with van der Waals surface area (Å²) in [6, 6.07) is 15.8. The van der Waals surface area contributed by atoms with Crippen LogP contribution < -0.4 is 4.74 Å². The summed E-state index contributed by atoms with van der Waals surface area (Å²) in [5.74, 6) is -0.330. The SMILES string of the molecule is O=C(O)c1cc(Oc2ccc3ccccc3n2)ccc1Cl. The van der Waals surface area contributed by atoms with E-state index in [1.54, 1.807) is 12.1 Å². The highest BCUT2D eigenvalue weighted by molar-refractivity contribution is 6.33. The lowest BCUT2D eigenvalue weighted by atomic mass is 10.2. The number of hydrogen-bond acceptors (Lipinski definition) is 3. The molecule has 21 heavy (non-hydrogen) atoms. The van der Waals surface area contributed by atoms with E-state index in [0.717, 1.165) is 10.9 Å². The Balaban J connectivity index is 1.94. The average molecular weight is 300 g/mol. The number of carbonyl (C=O) groups is 1. The quantitative estimate of drug-likeness (QED) is 0.779. The van der Waals surface area contributed by atoms with E-state index >= 15 is 0 Å². The first-order chi connectivity index (χ1) is 10.1. The lowest BCUT2D eigenvalue weighted by molar-refractivity contribution is 0.0696. The Morgan fingerprint density at radius 1 is 1.10 bits per heavy atom. The maximum absolute atomic E-state index is 11.0. The maximum Gasteiger partial charge on any atom is 0.337 e. The van der Waals surface area contributed by atoms with Crippen molar-refractivity contribution in [2.75, 3.05) is 0 Å². The number of aromatic nitrogens is 1. The molecule has 5 heteroatoms. The molecule has 0 saturated heterocycles. The number of rotatable bonds is 3. The van der Waals surface area contributed by atoms with Crippen molar-refractivity contribution in [1.82, 2.24) is 4.98 Å². The Morgan fingerprint density at radius 2 is 1.90 bits per heavy atom. The molecule has 1 N–H and O–H groups in total. The van der Waals surface area contributed by atoms with Gasteiger partial charge in [-0.1, -0.05) is 29.8 Å². The second-order valence-corrected chi connectivity index (χ2v) is 4.80. The largest absolute Gasteiger partial charge is 0.478 e. The van der Waals surface area contributed by atoms with Gasteiger partial charge in [0.05, 0.1) is 16.1 Å². The lowest BCUT2D eigenvalue weighted by Crippen LogP contribution is -1.98.